The Morgan fingerprint density at radius 1 is 1.05 bits per heavy atom. The van der Waals surface area contributed by atoms with Crippen LogP contribution < -0.4 is 5.32 Å². The minimum atomic E-state index is -4.52. The van der Waals surface area contributed by atoms with E-state index in [0.717, 1.165) is 12.4 Å². The second-order valence-electron chi connectivity index (χ2n) is 9.33. The summed E-state index contributed by atoms with van der Waals surface area (Å²) in [4.78, 5) is 10.3. The third-order valence-corrected chi connectivity index (χ3v) is 8.36. The van der Waals surface area contributed by atoms with Gasteiger partial charge in [-0.25, -0.2) is 18.4 Å². The van der Waals surface area contributed by atoms with E-state index in [0.29, 0.717) is 50.0 Å². The number of para-hydroxylation sites is 1. The molecule has 1 atom stereocenters. The number of fused-ring (bicyclic) bond motifs is 1. The van der Waals surface area contributed by atoms with E-state index in [4.69, 9.17) is 4.42 Å². The lowest BCUT2D eigenvalue weighted by molar-refractivity contribution is -0.136. The summed E-state index contributed by atoms with van der Waals surface area (Å²) in [5.41, 5.74) is -0.449. The van der Waals surface area contributed by atoms with Crippen molar-refractivity contribution < 1.29 is 26.0 Å². The first-order valence-corrected chi connectivity index (χ1v) is 13.7. The number of benzene rings is 2. The number of alkyl halides is 3. The van der Waals surface area contributed by atoms with Crippen LogP contribution in [-0.4, -0.2) is 76.6 Å². The molecule has 10 nitrogen and oxygen atoms in total. The van der Waals surface area contributed by atoms with Crippen LogP contribution in [0.15, 0.2) is 58.1 Å². The number of nitrogens with one attached hydrogen (secondary N) is 1. The number of nitrogens with zero attached hydrogens (tertiary/aromatic N) is 6. The summed E-state index contributed by atoms with van der Waals surface area (Å²) < 4.78 is 73.7. The molecule has 0 aliphatic carbocycles. The van der Waals surface area contributed by atoms with Gasteiger partial charge in [0.25, 0.3) is 0 Å². The van der Waals surface area contributed by atoms with Gasteiger partial charge in [0, 0.05) is 56.6 Å². The number of rotatable bonds is 7. The summed E-state index contributed by atoms with van der Waals surface area (Å²) in [6, 6.07) is 10.1. The summed E-state index contributed by atoms with van der Waals surface area (Å²) in [5, 5.41) is 11.2. The van der Waals surface area contributed by atoms with Crippen LogP contribution in [-0.2, 0) is 16.2 Å². The van der Waals surface area contributed by atoms with E-state index in [9.17, 15) is 21.6 Å². The van der Waals surface area contributed by atoms with E-state index in [1.807, 2.05) is 6.92 Å². The molecule has 0 radical (unpaired) electrons. The van der Waals surface area contributed by atoms with Crippen molar-refractivity contribution in [3.05, 3.63) is 60.2 Å². The summed E-state index contributed by atoms with van der Waals surface area (Å²) in [5.74, 6) is 0.954. The van der Waals surface area contributed by atoms with Gasteiger partial charge in [0.05, 0.1) is 16.0 Å². The molecule has 4 aromatic rings. The van der Waals surface area contributed by atoms with Gasteiger partial charge in [-0.2, -0.15) is 17.5 Å². The summed E-state index contributed by atoms with van der Waals surface area (Å²) in [6.07, 6.45) is -3.41. The molecule has 14 heteroatoms. The van der Waals surface area contributed by atoms with Crippen LogP contribution in [0.3, 0.4) is 0 Å². The van der Waals surface area contributed by atoms with Crippen LogP contribution in [0.4, 0.5) is 19.0 Å². The van der Waals surface area contributed by atoms with Gasteiger partial charge in [-0.1, -0.05) is 12.1 Å². The molecule has 1 fully saturated rings. The average Bonchev–Trinajstić information content (AvgIpc) is 3.34. The van der Waals surface area contributed by atoms with Crippen molar-refractivity contribution in [3.8, 4) is 11.5 Å². The van der Waals surface area contributed by atoms with Gasteiger partial charge in [-0.05, 0) is 37.3 Å². The molecule has 1 aliphatic heterocycles. The molecule has 1 unspecified atom stereocenters. The zero-order valence-corrected chi connectivity index (χ0v) is 22.0. The first-order valence-electron chi connectivity index (χ1n) is 12.2. The number of aromatic nitrogens is 4. The van der Waals surface area contributed by atoms with Gasteiger partial charge >= 0.3 is 6.18 Å². The van der Waals surface area contributed by atoms with Crippen LogP contribution in [0, 0.1) is 6.92 Å². The van der Waals surface area contributed by atoms with Crippen LogP contribution in [0.5, 0.6) is 0 Å². The van der Waals surface area contributed by atoms with E-state index < -0.39 is 21.8 Å². The smallest absolute Gasteiger partial charge is 0.418 e. The molecule has 0 saturated carbocycles. The van der Waals surface area contributed by atoms with Gasteiger partial charge < -0.3 is 9.73 Å². The second-order valence-corrected chi connectivity index (χ2v) is 11.3. The average molecular weight is 562 g/mol. The predicted molar refractivity (Wildman–Crippen MR) is 137 cm³/mol. The molecule has 3 heterocycles. The normalized spacial score (nSPS) is 16.4. The molecule has 0 amide bonds. The van der Waals surface area contributed by atoms with Gasteiger partial charge in [0.15, 0.2) is 0 Å². The Kier molecular flexibility index (Phi) is 7.27. The molecular formula is C25H26F3N7O3S. The Morgan fingerprint density at radius 3 is 2.49 bits per heavy atom. The number of aryl methyl sites for hydroxylation is 1. The van der Waals surface area contributed by atoms with Gasteiger partial charge in [-0.3, -0.25) is 4.90 Å². The molecule has 0 spiro atoms. The standard InChI is InChI=1S/C25H26F3N7O3S/c1-16(31-23-20-7-4-8-21(25(26,27)28)22(20)29-15-30-23)14-34-9-11-35(12-10-34)39(36,37)19-6-3-5-18(13-19)24-33-32-17(2)38-24/h3-8,13,15-16H,9-12,14H2,1-2H3,(H,29,30,31). The molecule has 206 valence electrons. The van der Waals surface area contributed by atoms with E-state index in [1.165, 1.54) is 22.5 Å². The molecule has 2 aromatic heterocycles. The highest BCUT2D eigenvalue weighted by Crippen LogP contribution is 2.35. The molecule has 2 aromatic carbocycles. The highest BCUT2D eigenvalue weighted by molar-refractivity contribution is 7.89. The van der Waals surface area contributed by atoms with Gasteiger partial charge in [-0.15, -0.1) is 10.2 Å². The summed E-state index contributed by atoms with van der Waals surface area (Å²) >= 11 is 0. The molecule has 39 heavy (non-hydrogen) atoms. The SMILES string of the molecule is Cc1nnc(-c2cccc(S(=O)(=O)N3CCN(CC(C)Nc4ncnc5c(C(F)(F)F)cccc45)CC3)c2)o1. The minimum Gasteiger partial charge on any atom is -0.421 e. The van der Waals surface area contributed by atoms with Crippen molar-refractivity contribution in [2.45, 2.75) is 31.0 Å². The van der Waals surface area contributed by atoms with Gasteiger partial charge in [0.1, 0.15) is 12.1 Å². The number of hydrogen-bond acceptors (Lipinski definition) is 9. The predicted octanol–water partition coefficient (Wildman–Crippen LogP) is 3.81. The topological polar surface area (TPSA) is 117 Å². The lowest BCUT2D eigenvalue weighted by atomic mass is 10.1. The molecule has 1 aliphatic rings. The quantitative estimate of drug-likeness (QED) is 0.359. The lowest BCUT2D eigenvalue weighted by Crippen LogP contribution is -2.50. The Balaban J connectivity index is 1.22. The largest absolute Gasteiger partial charge is 0.421 e. The minimum absolute atomic E-state index is 0.146. The van der Waals surface area contributed by atoms with Crippen LogP contribution in [0.1, 0.15) is 18.4 Å². The Labute approximate surface area is 222 Å². The molecule has 1 saturated heterocycles. The number of anilines is 1. The monoisotopic (exact) mass is 561 g/mol. The number of halogens is 3. The van der Waals surface area contributed by atoms with Crippen molar-refractivity contribution >= 4 is 26.7 Å². The molecule has 1 N–H and O–H groups in total. The maximum Gasteiger partial charge on any atom is 0.418 e. The fraction of sp³-hybridized carbons (Fsp3) is 0.360. The zero-order valence-electron chi connectivity index (χ0n) is 21.2. The lowest BCUT2D eigenvalue weighted by Gasteiger charge is -2.35. The Morgan fingerprint density at radius 2 is 1.79 bits per heavy atom. The first kappa shape index (κ1) is 27.0. The van der Waals surface area contributed by atoms with Crippen molar-refractivity contribution in [1.29, 1.82) is 0 Å². The number of sulfonamides is 1. The number of piperazine rings is 1. The van der Waals surface area contributed by atoms with E-state index in [1.54, 1.807) is 25.1 Å². The van der Waals surface area contributed by atoms with Crippen molar-refractivity contribution in [2.75, 3.05) is 38.0 Å². The maximum atomic E-state index is 13.4. The van der Waals surface area contributed by atoms with E-state index >= 15 is 0 Å². The van der Waals surface area contributed by atoms with E-state index in [-0.39, 0.29) is 27.7 Å². The van der Waals surface area contributed by atoms with Crippen LogP contribution in [0.25, 0.3) is 22.4 Å². The summed E-state index contributed by atoms with van der Waals surface area (Å²) in [6.45, 7) is 5.69. The molecule has 0 bridgehead atoms. The van der Waals surface area contributed by atoms with E-state index in [2.05, 4.69) is 30.4 Å². The summed E-state index contributed by atoms with van der Waals surface area (Å²) in [7, 11) is -3.73. The van der Waals surface area contributed by atoms with Crippen molar-refractivity contribution in [2.24, 2.45) is 0 Å². The van der Waals surface area contributed by atoms with Crippen molar-refractivity contribution in [1.82, 2.24) is 29.4 Å². The van der Waals surface area contributed by atoms with Gasteiger partial charge in [0.2, 0.25) is 21.8 Å². The third-order valence-electron chi connectivity index (χ3n) is 6.46. The molecule has 5 rings (SSSR count). The Hall–Kier alpha value is -3.62. The fourth-order valence-electron chi connectivity index (χ4n) is 4.60. The second kappa shape index (κ2) is 10.5. The number of hydrogen-bond donors (Lipinski definition) is 1. The highest BCUT2D eigenvalue weighted by atomic mass is 32.2. The fourth-order valence-corrected chi connectivity index (χ4v) is 6.07. The zero-order chi connectivity index (χ0) is 27.8. The van der Waals surface area contributed by atoms with Crippen molar-refractivity contribution in [3.63, 3.8) is 0 Å². The first-order chi connectivity index (χ1) is 18.5. The Bertz CT molecular complexity index is 1590. The highest BCUT2D eigenvalue weighted by Gasteiger charge is 2.34. The molecular weight excluding hydrogens is 535 g/mol. The maximum absolute atomic E-state index is 13.4. The van der Waals surface area contributed by atoms with Crippen LogP contribution in [0.2, 0.25) is 0 Å². The van der Waals surface area contributed by atoms with Crippen LogP contribution >= 0.6 is 0 Å². The third kappa shape index (κ3) is 5.72.